The fourth-order valence-electron chi connectivity index (χ4n) is 4.09. The van der Waals surface area contributed by atoms with Gasteiger partial charge in [0.1, 0.15) is 0 Å². The van der Waals surface area contributed by atoms with Crippen LogP contribution in [-0.2, 0) is 0 Å². The minimum Gasteiger partial charge on any atom is -0.310 e. The first-order valence-corrected chi connectivity index (χ1v) is 8.37. The third kappa shape index (κ3) is 2.69. The Labute approximate surface area is 128 Å². The molecule has 3 rings (SSSR count). The molecule has 1 aliphatic carbocycles. The Hall–Kier alpha value is -1.41. The summed E-state index contributed by atoms with van der Waals surface area (Å²) in [4.78, 5) is 4.44. The number of hydrogen-bond acceptors (Lipinski definition) is 2. The van der Waals surface area contributed by atoms with E-state index in [1.165, 1.54) is 43.1 Å². The second-order valence-electron chi connectivity index (χ2n) is 6.37. The number of nitrogens with one attached hydrogen (secondary N) is 1. The van der Waals surface area contributed by atoms with Crippen molar-refractivity contribution in [2.45, 2.75) is 52.0 Å². The summed E-state index contributed by atoms with van der Waals surface area (Å²) in [6, 6.07) is 11.5. The highest BCUT2D eigenvalue weighted by Gasteiger charge is 2.40. The lowest BCUT2D eigenvalue weighted by Gasteiger charge is -2.38. The standard InChI is InChI=1S/C19H26N2/c1-3-19(11-5-6-12-19)18(20-4-2)16-9-10-17-15(14-16)8-7-13-21-17/h7-10,13-14,18,20H,3-6,11-12H2,1-2H3. The average molecular weight is 282 g/mol. The van der Waals surface area contributed by atoms with E-state index >= 15 is 0 Å². The molecular formula is C19H26N2. The highest BCUT2D eigenvalue weighted by atomic mass is 14.9. The lowest BCUT2D eigenvalue weighted by Crippen LogP contribution is -2.36. The SMILES string of the molecule is CCNC(c1ccc2ncccc2c1)C1(CC)CCCC1. The summed E-state index contributed by atoms with van der Waals surface area (Å²) in [5.74, 6) is 0. The predicted molar refractivity (Wildman–Crippen MR) is 89.4 cm³/mol. The summed E-state index contributed by atoms with van der Waals surface area (Å²) in [6.07, 6.45) is 8.60. The third-order valence-electron chi connectivity index (χ3n) is 5.28. The highest BCUT2D eigenvalue weighted by Crippen LogP contribution is 2.50. The van der Waals surface area contributed by atoms with Crippen molar-refractivity contribution in [3.05, 3.63) is 42.1 Å². The zero-order valence-corrected chi connectivity index (χ0v) is 13.2. The molecular weight excluding hydrogens is 256 g/mol. The van der Waals surface area contributed by atoms with Crippen molar-refractivity contribution in [2.75, 3.05) is 6.54 Å². The Morgan fingerprint density at radius 3 is 2.71 bits per heavy atom. The van der Waals surface area contributed by atoms with Crippen LogP contribution in [0.25, 0.3) is 10.9 Å². The fourth-order valence-corrected chi connectivity index (χ4v) is 4.09. The third-order valence-corrected chi connectivity index (χ3v) is 5.28. The van der Waals surface area contributed by atoms with E-state index in [1.807, 2.05) is 12.3 Å². The number of nitrogens with zero attached hydrogens (tertiary/aromatic N) is 1. The molecule has 1 saturated carbocycles. The van der Waals surface area contributed by atoms with Gasteiger partial charge in [0.25, 0.3) is 0 Å². The zero-order chi connectivity index (χ0) is 14.7. The average Bonchev–Trinajstić information content (AvgIpc) is 3.02. The first-order valence-electron chi connectivity index (χ1n) is 8.37. The van der Waals surface area contributed by atoms with Gasteiger partial charge in [-0.3, -0.25) is 4.98 Å². The van der Waals surface area contributed by atoms with E-state index in [1.54, 1.807) is 0 Å². The summed E-state index contributed by atoms with van der Waals surface area (Å²) in [7, 11) is 0. The van der Waals surface area contributed by atoms with Crippen LogP contribution in [0, 0.1) is 5.41 Å². The second-order valence-corrected chi connectivity index (χ2v) is 6.37. The van der Waals surface area contributed by atoms with Gasteiger partial charge in [0.2, 0.25) is 0 Å². The molecule has 0 amide bonds. The summed E-state index contributed by atoms with van der Waals surface area (Å²) in [5, 5.41) is 5.03. The summed E-state index contributed by atoms with van der Waals surface area (Å²) < 4.78 is 0. The van der Waals surface area contributed by atoms with Gasteiger partial charge in [0, 0.05) is 17.6 Å². The number of rotatable bonds is 5. The highest BCUT2D eigenvalue weighted by molar-refractivity contribution is 5.79. The van der Waals surface area contributed by atoms with Crippen molar-refractivity contribution in [3.63, 3.8) is 0 Å². The van der Waals surface area contributed by atoms with Crippen LogP contribution in [0.4, 0.5) is 0 Å². The van der Waals surface area contributed by atoms with Crippen LogP contribution >= 0.6 is 0 Å². The van der Waals surface area contributed by atoms with Crippen molar-refractivity contribution in [2.24, 2.45) is 5.41 Å². The molecule has 2 aromatic rings. The number of fused-ring (bicyclic) bond motifs is 1. The molecule has 1 heterocycles. The smallest absolute Gasteiger partial charge is 0.0702 e. The molecule has 2 heteroatoms. The molecule has 1 fully saturated rings. The molecule has 1 N–H and O–H groups in total. The van der Waals surface area contributed by atoms with Crippen molar-refractivity contribution in [1.29, 1.82) is 0 Å². The molecule has 21 heavy (non-hydrogen) atoms. The van der Waals surface area contributed by atoms with E-state index < -0.39 is 0 Å². The van der Waals surface area contributed by atoms with Crippen molar-refractivity contribution >= 4 is 10.9 Å². The first kappa shape index (κ1) is 14.5. The van der Waals surface area contributed by atoms with Crippen molar-refractivity contribution in [1.82, 2.24) is 10.3 Å². The molecule has 0 saturated heterocycles. The van der Waals surface area contributed by atoms with E-state index in [-0.39, 0.29) is 0 Å². The lowest BCUT2D eigenvalue weighted by atomic mass is 9.73. The summed E-state index contributed by atoms with van der Waals surface area (Å²) >= 11 is 0. The van der Waals surface area contributed by atoms with Gasteiger partial charge in [-0.25, -0.2) is 0 Å². The quantitative estimate of drug-likeness (QED) is 0.847. The molecule has 2 nitrogen and oxygen atoms in total. The van der Waals surface area contributed by atoms with Gasteiger partial charge >= 0.3 is 0 Å². The zero-order valence-electron chi connectivity index (χ0n) is 13.2. The summed E-state index contributed by atoms with van der Waals surface area (Å²) in [6.45, 7) is 5.60. The lowest BCUT2D eigenvalue weighted by molar-refractivity contribution is 0.189. The van der Waals surface area contributed by atoms with Crippen LogP contribution < -0.4 is 5.32 Å². The normalized spacial score (nSPS) is 19.0. The van der Waals surface area contributed by atoms with Crippen LogP contribution in [-0.4, -0.2) is 11.5 Å². The van der Waals surface area contributed by atoms with Crippen LogP contribution in [0.3, 0.4) is 0 Å². The maximum atomic E-state index is 4.44. The fraction of sp³-hybridized carbons (Fsp3) is 0.526. The van der Waals surface area contributed by atoms with Gasteiger partial charge in [-0.15, -0.1) is 0 Å². The topological polar surface area (TPSA) is 24.9 Å². The molecule has 0 radical (unpaired) electrons. The van der Waals surface area contributed by atoms with Gasteiger partial charge in [-0.05, 0) is 55.0 Å². The summed E-state index contributed by atoms with van der Waals surface area (Å²) in [5.41, 5.74) is 2.96. The monoisotopic (exact) mass is 282 g/mol. The minimum absolute atomic E-state index is 0.436. The molecule has 0 bridgehead atoms. The van der Waals surface area contributed by atoms with E-state index in [9.17, 15) is 0 Å². The minimum atomic E-state index is 0.436. The van der Waals surface area contributed by atoms with E-state index in [2.05, 4.69) is 48.4 Å². The van der Waals surface area contributed by atoms with Crippen LogP contribution in [0.2, 0.25) is 0 Å². The van der Waals surface area contributed by atoms with E-state index in [4.69, 9.17) is 0 Å². The molecule has 1 aromatic carbocycles. The molecule has 112 valence electrons. The van der Waals surface area contributed by atoms with Gasteiger partial charge in [0.15, 0.2) is 0 Å². The van der Waals surface area contributed by atoms with Gasteiger partial charge in [-0.1, -0.05) is 38.8 Å². The maximum Gasteiger partial charge on any atom is 0.0702 e. The molecule has 1 unspecified atom stereocenters. The first-order chi connectivity index (χ1) is 10.3. The van der Waals surface area contributed by atoms with Crippen molar-refractivity contribution in [3.8, 4) is 0 Å². The van der Waals surface area contributed by atoms with Gasteiger partial charge in [0.05, 0.1) is 5.52 Å². The molecule has 1 aliphatic rings. The number of aromatic nitrogens is 1. The van der Waals surface area contributed by atoms with Gasteiger partial charge in [-0.2, -0.15) is 0 Å². The Morgan fingerprint density at radius 1 is 1.19 bits per heavy atom. The Kier molecular flexibility index (Phi) is 4.25. The number of pyridine rings is 1. The van der Waals surface area contributed by atoms with E-state index in [0.717, 1.165) is 12.1 Å². The van der Waals surface area contributed by atoms with Crippen molar-refractivity contribution < 1.29 is 0 Å². The Balaban J connectivity index is 2.02. The Morgan fingerprint density at radius 2 is 2.00 bits per heavy atom. The predicted octanol–water partition coefficient (Wildman–Crippen LogP) is 4.86. The van der Waals surface area contributed by atoms with Crippen LogP contribution in [0.5, 0.6) is 0 Å². The van der Waals surface area contributed by atoms with Crippen LogP contribution in [0.15, 0.2) is 36.5 Å². The van der Waals surface area contributed by atoms with E-state index in [0.29, 0.717) is 11.5 Å². The molecule has 0 aliphatic heterocycles. The Bertz CT molecular complexity index is 599. The van der Waals surface area contributed by atoms with Gasteiger partial charge < -0.3 is 5.32 Å². The maximum absolute atomic E-state index is 4.44. The largest absolute Gasteiger partial charge is 0.310 e. The molecule has 1 atom stereocenters. The number of hydrogen-bond donors (Lipinski definition) is 1. The van der Waals surface area contributed by atoms with Crippen LogP contribution in [0.1, 0.15) is 57.6 Å². The number of benzene rings is 1. The molecule has 1 aromatic heterocycles. The second kappa shape index (κ2) is 6.15. The molecule has 0 spiro atoms.